The molecule has 0 radical (unpaired) electrons. The summed E-state index contributed by atoms with van der Waals surface area (Å²) in [5.74, 6) is 0.944. The normalized spacial score (nSPS) is 11.3. The van der Waals surface area contributed by atoms with Gasteiger partial charge in [0.05, 0.1) is 13.2 Å². The molecule has 6 aromatic rings. The average Bonchev–Trinajstić information content (AvgIpc) is 3.09. The van der Waals surface area contributed by atoms with Crippen LogP contribution in [0.3, 0.4) is 0 Å². The number of hydrogen-bond acceptors (Lipinski definition) is 6. The van der Waals surface area contributed by atoms with Crippen LogP contribution in [0.25, 0.3) is 54.2 Å². The summed E-state index contributed by atoms with van der Waals surface area (Å²) in [6.07, 6.45) is 1.63. The molecule has 0 aliphatic rings. The van der Waals surface area contributed by atoms with Gasteiger partial charge < -0.3 is 18.9 Å². The molecule has 6 aromatic carbocycles. The molecule has 0 N–H and O–H groups in total. The van der Waals surface area contributed by atoms with Gasteiger partial charge in [0, 0.05) is 21.5 Å². The second kappa shape index (κ2) is 13.5. The van der Waals surface area contributed by atoms with E-state index in [0.717, 1.165) is 78.2 Å². The minimum Gasteiger partial charge on any atom is -0.434 e. The monoisotopic (exact) mass is 614 g/mol. The zero-order valence-corrected chi connectivity index (χ0v) is 26.8. The average molecular weight is 615 g/mol. The summed E-state index contributed by atoms with van der Waals surface area (Å²) in [6, 6.07) is 28.6. The van der Waals surface area contributed by atoms with Gasteiger partial charge in [-0.3, -0.25) is 0 Å². The Hall–Kier alpha value is -5.10. The highest BCUT2D eigenvalue weighted by Crippen LogP contribution is 2.50. The summed E-state index contributed by atoms with van der Waals surface area (Å²) in [5.41, 5.74) is 4.35. The zero-order chi connectivity index (χ0) is 32.2. The molecule has 0 saturated carbocycles. The van der Waals surface area contributed by atoms with Crippen LogP contribution >= 0.6 is 0 Å². The second-order valence-electron chi connectivity index (χ2n) is 11.4. The molecule has 0 aromatic heterocycles. The highest BCUT2D eigenvalue weighted by atomic mass is 16.7. The topological polar surface area (TPSA) is 71.1 Å². The number of carbonyl (C=O) groups excluding carboxylic acids is 2. The van der Waals surface area contributed by atoms with E-state index in [4.69, 9.17) is 18.9 Å². The molecule has 234 valence electrons. The van der Waals surface area contributed by atoms with Gasteiger partial charge in [0.2, 0.25) is 0 Å². The summed E-state index contributed by atoms with van der Waals surface area (Å²) in [6.45, 7) is 8.72. The second-order valence-corrected chi connectivity index (χ2v) is 11.4. The van der Waals surface area contributed by atoms with Crippen molar-refractivity contribution < 1.29 is 28.5 Å². The van der Waals surface area contributed by atoms with Gasteiger partial charge in [-0.25, -0.2) is 9.59 Å². The molecule has 0 amide bonds. The van der Waals surface area contributed by atoms with Crippen molar-refractivity contribution in [2.75, 3.05) is 13.2 Å². The first-order valence-electron chi connectivity index (χ1n) is 16.1. The molecule has 6 nitrogen and oxygen atoms in total. The number of hydrogen-bond donors (Lipinski definition) is 0. The van der Waals surface area contributed by atoms with Crippen LogP contribution in [0.15, 0.2) is 84.9 Å². The maximum atomic E-state index is 12.9. The number of aryl methyl sites for hydroxylation is 2. The number of fused-ring (bicyclic) bond motifs is 4. The smallest absolute Gasteiger partial charge is 0.434 e. The van der Waals surface area contributed by atoms with E-state index in [1.807, 2.05) is 62.4 Å². The molecular weight excluding hydrogens is 576 g/mol. The maximum absolute atomic E-state index is 12.9. The number of ether oxygens (including phenoxy) is 4. The predicted molar refractivity (Wildman–Crippen MR) is 185 cm³/mol. The third kappa shape index (κ3) is 5.71. The lowest BCUT2D eigenvalue weighted by Gasteiger charge is -2.22. The molecule has 6 rings (SSSR count). The van der Waals surface area contributed by atoms with E-state index in [2.05, 4.69) is 50.2 Å². The van der Waals surface area contributed by atoms with Gasteiger partial charge in [0.15, 0.2) is 0 Å². The lowest BCUT2D eigenvalue weighted by molar-refractivity contribution is 0.0991. The fraction of sp³-hybridized carbons (Fsp3) is 0.250. The molecule has 0 saturated heterocycles. The van der Waals surface area contributed by atoms with E-state index >= 15 is 0 Å². The van der Waals surface area contributed by atoms with E-state index in [0.29, 0.717) is 24.3 Å². The molecule has 0 spiro atoms. The van der Waals surface area contributed by atoms with Crippen LogP contribution in [0, 0.1) is 0 Å². The third-order valence-corrected chi connectivity index (χ3v) is 8.36. The molecule has 0 bridgehead atoms. The molecule has 0 heterocycles. The summed E-state index contributed by atoms with van der Waals surface area (Å²) in [4.78, 5) is 25.7. The van der Waals surface area contributed by atoms with Gasteiger partial charge in [0.1, 0.15) is 11.5 Å². The van der Waals surface area contributed by atoms with Crippen LogP contribution < -0.4 is 9.47 Å². The van der Waals surface area contributed by atoms with E-state index in [1.165, 1.54) is 0 Å². The Morgan fingerprint density at radius 1 is 0.478 bits per heavy atom. The van der Waals surface area contributed by atoms with Crippen molar-refractivity contribution in [1.82, 2.24) is 0 Å². The Kier molecular flexibility index (Phi) is 9.06. The van der Waals surface area contributed by atoms with Crippen molar-refractivity contribution >= 4 is 55.4 Å². The molecule has 6 heteroatoms. The first kappa shape index (κ1) is 30.9. The number of benzene rings is 6. The Morgan fingerprint density at radius 2 is 0.848 bits per heavy atom. The van der Waals surface area contributed by atoms with Crippen LogP contribution in [0.5, 0.6) is 11.5 Å². The van der Waals surface area contributed by atoms with Crippen LogP contribution in [0.4, 0.5) is 9.59 Å². The van der Waals surface area contributed by atoms with Crippen molar-refractivity contribution in [3.05, 3.63) is 96.1 Å². The number of rotatable bonds is 9. The summed E-state index contributed by atoms with van der Waals surface area (Å²) >= 11 is 0. The quantitative estimate of drug-likeness (QED) is 0.0916. The predicted octanol–water partition coefficient (Wildman–Crippen LogP) is 10.9. The van der Waals surface area contributed by atoms with Crippen molar-refractivity contribution in [1.29, 1.82) is 0 Å². The number of carbonyl (C=O) groups is 2. The van der Waals surface area contributed by atoms with Crippen LogP contribution in [-0.2, 0) is 22.3 Å². The fourth-order valence-corrected chi connectivity index (χ4v) is 6.17. The summed E-state index contributed by atoms with van der Waals surface area (Å²) in [5, 5.41) is 7.02. The minimum atomic E-state index is -0.722. The summed E-state index contributed by atoms with van der Waals surface area (Å²) in [7, 11) is 0. The van der Waals surface area contributed by atoms with Crippen molar-refractivity contribution in [2.24, 2.45) is 0 Å². The molecular formula is C40H38O6. The van der Waals surface area contributed by atoms with E-state index in [-0.39, 0.29) is 13.2 Å². The Bertz CT molecular complexity index is 1940. The Labute approximate surface area is 268 Å². The van der Waals surface area contributed by atoms with E-state index < -0.39 is 12.3 Å². The van der Waals surface area contributed by atoms with Crippen molar-refractivity contribution in [2.45, 2.75) is 53.4 Å². The van der Waals surface area contributed by atoms with Gasteiger partial charge in [-0.15, -0.1) is 0 Å². The van der Waals surface area contributed by atoms with E-state index in [9.17, 15) is 9.59 Å². The molecule has 0 atom stereocenters. The van der Waals surface area contributed by atoms with Crippen molar-refractivity contribution in [3.63, 3.8) is 0 Å². The first-order valence-corrected chi connectivity index (χ1v) is 16.1. The van der Waals surface area contributed by atoms with Gasteiger partial charge in [-0.2, -0.15) is 0 Å². The van der Waals surface area contributed by atoms with Gasteiger partial charge in [-0.1, -0.05) is 113 Å². The molecule has 0 unspecified atom stereocenters. The lowest BCUT2D eigenvalue weighted by atomic mass is 9.84. The minimum absolute atomic E-state index is 0.283. The van der Waals surface area contributed by atoms with Crippen molar-refractivity contribution in [3.8, 4) is 22.6 Å². The molecule has 0 aliphatic carbocycles. The Balaban J connectivity index is 1.76. The third-order valence-electron chi connectivity index (χ3n) is 8.36. The summed E-state index contributed by atoms with van der Waals surface area (Å²) < 4.78 is 22.7. The zero-order valence-electron chi connectivity index (χ0n) is 26.8. The highest BCUT2D eigenvalue weighted by Gasteiger charge is 2.25. The van der Waals surface area contributed by atoms with Gasteiger partial charge in [-0.05, 0) is 69.5 Å². The molecule has 0 fully saturated rings. The largest absolute Gasteiger partial charge is 0.513 e. The van der Waals surface area contributed by atoms with Crippen LogP contribution in [0.2, 0.25) is 0 Å². The van der Waals surface area contributed by atoms with Crippen LogP contribution in [-0.4, -0.2) is 25.5 Å². The fourth-order valence-electron chi connectivity index (χ4n) is 6.17. The van der Waals surface area contributed by atoms with E-state index in [1.54, 1.807) is 0 Å². The van der Waals surface area contributed by atoms with Gasteiger partial charge >= 0.3 is 12.3 Å². The molecule has 0 aliphatic heterocycles. The molecule has 46 heavy (non-hydrogen) atoms. The Morgan fingerprint density at radius 3 is 1.22 bits per heavy atom. The van der Waals surface area contributed by atoms with Gasteiger partial charge in [0.25, 0.3) is 0 Å². The SMILES string of the molecule is CCCOC(=O)Oc1c2ccccc2c(-c2c3ccccc3c(OC(=O)OCCC)c3ccc(CC)cc23)c2cc(CC)ccc12. The highest BCUT2D eigenvalue weighted by molar-refractivity contribution is 6.27. The maximum Gasteiger partial charge on any atom is 0.513 e. The first-order chi connectivity index (χ1) is 22.5. The lowest BCUT2D eigenvalue weighted by Crippen LogP contribution is -2.12. The standard InChI is InChI=1S/C40H38O6/c1-5-21-43-39(41)45-37-29-15-11-9-13-27(29)35(33-23-25(7-3)17-19-31(33)37)36-28-14-10-12-16-30(28)38(46-40(42)44-22-6-2)32-20-18-26(8-4)24-34(32)36/h9-20,23-24H,5-8,21-22H2,1-4H3. The van der Waals surface area contributed by atoms with Crippen LogP contribution in [0.1, 0.15) is 51.7 Å².